The molecule has 1 atom stereocenters. The van der Waals surface area contributed by atoms with Gasteiger partial charge in [-0.3, -0.25) is 4.79 Å². The Morgan fingerprint density at radius 1 is 1.38 bits per heavy atom. The molecule has 3 rings (SSSR count). The normalized spacial score (nSPS) is 17.1. The van der Waals surface area contributed by atoms with E-state index in [1.807, 2.05) is 36.4 Å². The first-order valence-electron chi connectivity index (χ1n) is 6.90. The highest BCUT2D eigenvalue weighted by molar-refractivity contribution is 5.91. The number of methoxy groups -OCH3 is 1. The van der Waals surface area contributed by atoms with Crippen molar-refractivity contribution >= 4 is 22.4 Å². The summed E-state index contributed by atoms with van der Waals surface area (Å²) in [7, 11) is 1.65. The van der Waals surface area contributed by atoms with Gasteiger partial charge in [0.05, 0.1) is 7.11 Å². The fourth-order valence-electron chi connectivity index (χ4n) is 2.36. The summed E-state index contributed by atoms with van der Waals surface area (Å²) in [5, 5.41) is 13.4. The summed E-state index contributed by atoms with van der Waals surface area (Å²) in [6.07, 6.45) is 1.78. The number of nitrogens with one attached hydrogen (secondary N) is 1. The van der Waals surface area contributed by atoms with Crippen LogP contribution in [0.15, 0.2) is 36.4 Å². The summed E-state index contributed by atoms with van der Waals surface area (Å²) in [5.74, 6) is 0.109. The van der Waals surface area contributed by atoms with E-state index in [9.17, 15) is 4.79 Å². The second-order valence-corrected chi connectivity index (χ2v) is 4.93. The molecule has 1 saturated heterocycles. The maximum absolute atomic E-state index is 10.1. The van der Waals surface area contributed by atoms with Crippen LogP contribution in [0.1, 0.15) is 12.8 Å². The predicted octanol–water partition coefficient (Wildman–Crippen LogP) is 2.25. The van der Waals surface area contributed by atoms with Crippen LogP contribution in [0.2, 0.25) is 0 Å². The summed E-state index contributed by atoms with van der Waals surface area (Å²) in [6, 6.07) is 11.5. The Bertz CT molecular complexity index is 622. The fraction of sp³-hybridized carbons (Fsp3) is 0.312. The van der Waals surface area contributed by atoms with Gasteiger partial charge >= 0.3 is 5.97 Å². The van der Waals surface area contributed by atoms with E-state index in [4.69, 9.17) is 15.6 Å². The van der Waals surface area contributed by atoms with Gasteiger partial charge in [-0.15, -0.1) is 0 Å². The van der Waals surface area contributed by atoms with Crippen LogP contribution in [0.5, 0.6) is 5.75 Å². The topological polar surface area (TPSA) is 84.6 Å². The van der Waals surface area contributed by atoms with Crippen LogP contribution >= 0.6 is 0 Å². The molecule has 0 aliphatic carbocycles. The molecule has 1 fully saturated rings. The Hall–Kier alpha value is -2.27. The van der Waals surface area contributed by atoms with Crippen molar-refractivity contribution in [3.63, 3.8) is 0 Å². The van der Waals surface area contributed by atoms with E-state index < -0.39 is 5.97 Å². The highest BCUT2D eigenvalue weighted by Gasteiger charge is 2.20. The lowest BCUT2D eigenvalue weighted by molar-refractivity contribution is -0.139. The maximum atomic E-state index is 10.1. The van der Waals surface area contributed by atoms with Crippen LogP contribution < -0.4 is 15.8 Å². The number of aliphatic carboxylic acids is 1. The largest absolute Gasteiger partial charge is 0.496 e. The molecule has 0 radical (unpaired) electrons. The van der Waals surface area contributed by atoms with Crippen molar-refractivity contribution in [1.29, 1.82) is 0 Å². The molecule has 1 aliphatic heterocycles. The van der Waals surface area contributed by atoms with Crippen molar-refractivity contribution in [1.82, 2.24) is 5.32 Å². The van der Waals surface area contributed by atoms with E-state index in [-0.39, 0.29) is 6.04 Å². The Morgan fingerprint density at radius 3 is 2.71 bits per heavy atom. The Kier molecular flexibility index (Phi) is 5.00. The maximum Gasteiger partial charge on any atom is 0.320 e. The van der Waals surface area contributed by atoms with Crippen molar-refractivity contribution in [2.45, 2.75) is 18.9 Å². The average Bonchev–Trinajstić information content (AvgIpc) is 3.01. The predicted molar refractivity (Wildman–Crippen MR) is 83.6 cm³/mol. The molecule has 112 valence electrons. The standard InChI is InChI=1S/C11H11NO.C5H9NO2/c1-13-11-7-9(12)6-8-4-2-3-5-10(8)11;7-5(8)4-2-1-3-6-4/h2-7H,12H2,1H3;4,6H,1-3H2,(H,7,8)/t;4-/m.0/s1. The zero-order chi connectivity index (χ0) is 15.2. The van der Waals surface area contributed by atoms with Gasteiger partial charge in [-0.2, -0.15) is 0 Å². The SMILES string of the molecule is COc1cc(N)cc2ccccc12.O=C(O)[C@@H]1CCCN1. The monoisotopic (exact) mass is 288 g/mol. The minimum absolute atomic E-state index is 0.269. The second-order valence-electron chi connectivity index (χ2n) is 4.93. The number of fused-ring (bicyclic) bond motifs is 1. The van der Waals surface area contributed by atoms with Gasteiger partial charge in [0.1, 0.15) is 11.8 Å². The molecular weight excluding hydrogens is 268 g/mol. The van der Waals surface area contributed by atoms with Gasteiger partial charge in [0, 0.05) is 17.1 Å². The highest BCUT2D eigenvalue weighted by Crippen LogP contribution is 2.27. The molecule has 0 spiro atoms. The molecule has 0 aromatic heterocycles. The number of carbonyl (C=O) groups is 1. The molecule has 21 heavy (non-hydrogen) atoms. The lowest BCUT2D eigenvalue weighted by Crippen LogP contribution is -2.29. The molecule has 0 saturated carbocycles. The van der Waals surface area contributed by atoms with Crippen molar-refractivity contribution in [2.75, 3.05) is 19.4 Å². The number of hydrogen-bond acceptors (Lipinski definition) is 4. The number of carboxylic acid groups (broad SMARTS) is 1. The fourth-order valence-corrected chi connectivity index (χ4v) is 2.36. The molecule has 2 aromatic rings. The summed E-state index contributed by atoms with van der Waals surface area (Å²) >= 11 is 0. The van der Waals surface area contributed by atoms with E-state index in [0.717, 1.165) is 41.6 Å². The number of nitrogens with two attached hydrogens (primary N) is 1. The lowest BCUT2D eigenvalue weighted by atomic mass is 10.1. The Balaban J connectivity index is 0.000000173. The first kappa shape index (κ1) is 15.1. The van der Waals surface area contributed by atoms with Gasteiger partial charge in [0.25, 0.3) is 0 Å². The van der Waals surface area contributed by atoms with Crippen molar-refractivity contribution in [3.8, 4) is 5.75 Å². The Morgan fingerprint density at radius 2 is 2.14 bits per heavy atom. The van der Waals surface area contributed by atoms with Crippen LogP contribution in [0.3, 0.4) is 0 Å². The third-order valence-electron chi connectivity index (χ3n) is 3.42. The molecule has 0 unspecified atom stereocenters. The van der Waals surface area contributed by atoms with Crippen LogP contribution in [0.4, 0.5) is 5.69 Å². The lowest BCUT2D eigenvalue weighted by Gasteiger charge is -2.06. The highest BCUT2D eigenvalue weighted by atomic mass is 16.5. The molecule has 5 nitrogen and oxygen atoms in total. The molecule has 1 heterocycles. The zero-order valence-electron chi connectivity index (χ0n) is 12.0. The number of nitrogen functional groups attached to an aromatic ring is 1. The molecule has 0 amide bonds. The van der Waals surface area contributed by atoms with Gasteiger partial charge in [0.15, 0.2) is 0 Å². The summed E-state index contributed by atoms with van der Waals surface area (Å²) in [6.45, 7) is 0.858. The zero-order valence-corrected chi connectivity index (χ0v) is 12.0. The second kappa shape index (κ2) is 6.95. The molecule has 5 heteroatoms. The van der Waals surface area contributed by atoms with Gasteiger partial charge < -0.3 is 20.9 Å². The van der Waals surface area contributed by atoms with Gasteiger partial charge in [-0.25, -0.2) is 0 Å². The molecular formula is C16H20N2O3. The van der Waals surface area contributed by atoms with E-state index >= 15 is 0 Å². The van der Waals surface area contributed by atoms with Crippen LogP contribution in [0, 0.1) is 0 Å². The average molecular weight is 288 g/mol. The quantitative estimate of drug-likeness (QED) is 0.738. The first-order chi connectivity index (χ1) is 10.1. The van der Waals surface area contributed by atoms with Crippen LogP contribution in [-0.4, -0.2) is 30.8 Å². The first-order valence-corrected chi connectivity index (χ1v) is 6.90. The number of benzene rings is 2. The molecule has 4 N–H and O–H groups in total. The minimum Gasteiger partial charge on any atom is -0.496 e. The minimum atomic E-state index is -0.720. The number of carboxylic acids is 1. The van der Waals surface area contributed by atoms with Gasteiger partial charge in [-0.05, 0) is 30.8 Å². The number of hydrogen-bond donors (Lipinski definition) is 3. The van der Waals surface area contributed by atoms with Crippen molar-refractivity contribution in [2.24, 2.45) is 0 Å². The number of ether oxygens (including phenoxy) is 1. The number of anilines is 1. The Labute approximate surface area is 123 Å². The molecule has 0 bridgehead atoms. The molecule has 1 aliphatic rings. The summed E-state index contributed by atoms with van der Waals surface area (Å²) in [4.78, 5) is 10.1. The summed E-state index contributed by atoms with van der Waals surface area (Å²) < 4.78 is 5.23. The van der Waals surface area contributed by atoms with E-state index in [2.05, 4.69) is 5.32 Å². The van der Waals surface area contributed by atoms with Gasteiger partial charge in [-0.1, -0.05) is 24.3 Å². The van der Waals surface area contributed by atoms with E-state index in [1.165, 1.54) is 0 Å². The van der Waals surface area contributed by atoms with Gasteiger partial charge in [0.2, 0.25) is 0 Å². The third kappa shape index (κ3) is 3.86. The summed E-state index contributed by atoms with van der Waals surface area (Å²) in [5.41, 5.74) is 6.45. The van der Waals surface area contributed by atoms with Crippen LogP contribution in [-0.2, 0) is 4.79 Å². The third-order valence-corrected chi connectivity index (χ3v) is 3.42. The molecule has 2 aromatic carbocycles. The number of rotatable bonds is 2. The van der Waals surface area contributed by atoms with Crippen molar-refractivity contribution in [3.05, 3.63) is 36.4 Å². The van der Waals surface area contributed by atoms with E-state index in [0.29, 0.717) is 0 Å². The van der Waals surface area contributed by atoms with E-state index in [1.54, 1.807) is 7.11 Å². The smallest absolute Gasteiger partial charge is 0.320 e. The van der Waals surface area contributed by atoms with Crippen molar-refractivity contribution < 1.29 is 14.6 Å². The van der Waals surface area contributed by atoms with Crippen LogP contribution in [0.25, 0.3) is 10.8 Å².